The quantitative estimate of drug-likeness (QED) is 0.684. The van der Waals surface area contributed by atoms with Crippen molar-refractivity contribution >= 4 is 17.1 Å². The molecule has 6 heteroatoms. The molecule has 0 aliphatic carbocycles. The van der Waals surface area contributed by atoms with E-state index in [1.807, 2.05) is 18.2 Å². The average Bonchev–Trinajstić information content (AvgIpc) is 3.09. The van der Waals surface area contributed by atoms with E-state index in [0.717, 1.165) is 22.3 Å². The molecule has 3 aromatic rings. The summed E-state index contributed by atoms with van der Waals surface area (Å²) in [6, 6.07) is 5.78. The second-order valence-corrected chi connectivity index (χ2v) is 5.15. The molecule has 0 bridgehead atoms. The van der Waals surface area contributed by atoms with Gasteiger partial charge in [0.25, 0.3) is 5.91 Å². The Morgan fingerprint density at radius 3 is 2.95 bits per heavy atom. The number of nitrogen functional groups attached to an aromatic ring is 1. The zero-order valence-corrected chi connectivity index (χ0v) is 11.2. The maximum atomic E-state index is 12.7. The lowest BCUT2D eigenvalue weighted by molar-refractivity contribution is 0.0753. The molecule has 0 unspecified atom stereocenters. The van der Waals surface area contributed by atoms with Gasteiger partial charge in [-0.05, 0) is 23.3 Å². The van der Waals surface area contributed by atoms with Crippen LogP contribution in [0.3, 0.4) is 0 Å². The molecule has 21 heavy (non-hydrogen) atoms. The standard InChI is InChI=1S/C15H13N5O/c16-12-2-1-10-8-19(9-11(10)5-12)15(21)13-6-18-20-4-3-17-7-14(13)20/h1-7H,8-9,16H2. The molecule has 0 saturated heterocycles. The summed E-state index contributed by atoms with van der Waals surface area (Å²) >= 11 is 0. The van der Waals surface area contributed by atoms with Crippen LogP contribution in [0.5, 0.6) is 0 Å². The number of fused-ring (bicyclic) bond motifs is 2. The smallest absolute Gasteiger partial charge is 0.258 e. The Morgan fingerprint density at radius 2 is 2.05 bits per heavy atom. The van der Waals surface area contributed by atoms with E-state index in [9.17, 15) is 4.79 Å². The van der Waals surface area contributed by atoms with Gasteiger partial charge in [-0.3, -0.25) is 9.78 Å². The van der Waals surface area contributed by atoms with Crippen LogP contribution in [-0.2, 0) is 13.1 Å². The predicted octanol–water partition coefficient (Wildman–Crippen LogP) is 1.47. The van der Waals surface area contributed by atoms with Gasteiger partial charge in [-0.25, -0.2) is 4.52 Å². The lowest BCUT2D eigenvalue weighted by Crippen LogP contribution is -2.25. The van der Waals surface area contributed by atoms with Crippen molar-refractivity contribution in [3.05, 3.63) is 59.7 Å². The summed E-state index contributed by atoms with van der Waals surface area (Å²) in [6.07, 6.45) is 6.62. The zero-order chi connectivity index (χ0) is 14.4. The Labute approximate surface area is 120 Å². The highest BCUT2D eigenvalue weighted by molar-refractivity contribution is 6.00. The molecule has 1 aliphatic rings. The first-order valence-electron chi connectivity index (χ1n) is 6.66. The Balaban J connectivity index is 1.68. The number of nitrogens with two attached hydrogens (primary N) is 1. The summed E-state index contributed by atoms with van der Waals surface area (Å²) < 4.78 is 1.65. The number of hydrogen-bond donors (Lipinski definition) is 1. The molecule has 0 spiro atoms. The van der Waals surface area contributed by atoms with Gasteiger partial charge in [-0.15, -0.1) is 0 Å². The van der Waals surface area contributed by atoms with E-state index in [2.05, 4.69) is 10.1 Å². The monoisotopic (exact) mass is 279 g/mol. The molecule has 1 aliphatic heterocycles. The second-order valence-electron chi connectivity index (χ2n) is 5.15. The molecule has 2 N–H and O–H groups in total. The highest BCUT2D eigenvalue weighted by Gasteiger charge is 2.26. The normalized spacial score (nSPS) is 13.6. The van der Waals surface area contributed by atoms with Gasteiger partial charge in [0.05, 0.1) is 23.5 Å². The van der Waals surface area contributed by atoms with Crippen LogP contribution in [0.2, 0.25) is 0 Å². The summed E-state index contributed by atoms with van der Waals surface area (Å²) in [5.74, 6) is -0.0345. The van der Waals surface area contributed by atoms with Crippen LogP contribution >= 0.6 is 0 Å². The molecule has 0 atom stereocenters. The molecule has 0 radical (unpaired) electrons. The van der Waals surface area contributed by atoms with Crippen LogP contribution in [0.1, 0.15) is 21.5 Å². The maximum Gasteiger partial charge on any atom is 0.258 e. The number of nitrogens with zero attached hydrogens (tertiary/aromatic N) is 4. The molecule has 1 aromatic carbocycles. The molecule has 2 aromatic heterocycles. The van der Waals surface area contributed by atoms with Gasteiger partial charge in [0.1, 0.15) is 0 Å². The van der Waals surface area contributed by atoms with Gasteiger partial charge in [-0.2, -0.15) is 5.10 Å². The van der Waals surface area contributed by atoms with E-state index in [4.69, 9.17) is 5.73 Å². The van der Waals surface area contributed by atoms with Gasteiger partial charge in [0, 0.05) is 31.2 Å². The highest BCUT2D eigenvalue weighted by Crippen LogP contribution is 2.26. The highest BCUT2D eigenvalue weighted by atomic mass is 16.2. The summed E-state index contributed by atoms with van der Waals surface area (Å²) in [6.45, 7) is 1.18. The summed E-state index contributed by atoms with van der Waals surface area (Å²) in [4.78, 5) is 18.5. The van der Waals surface area contributed by atoms with Crippen molar-refractivity contribution in [1.29, 1.82) is 0 Å². The molecule has 6 nitrogen and oxygen atoms in total. The number of hydrogen-bond acceptors (Lipinski definition) is 4. The van der Waals surface area contributed by atoms with E-state index in [1.165, 1.54) is 0 Å². The van der Waals surface area contributed by atoms with E-state index in [-0.39, 0.29) is 5.91 Å². The topological polar surface area (TPSA) is 76.5 Å². The van der Waals surface area contributed by atoms with Crippen molar-refractivity contribution < 1.29 is 4.79 Å². The van der Waals surface area contributed by atoms with Crippen molar-refractivity contribution in [1.82, 2.24) is 19.5 Å². The number of aromatic nitrogens is 3. The zero-order valence-electron chi connectivity index (χ0n) is 11.2. The third-order valence-corrected chi connectivity index (χ3v) is 3.80. The fourth-order valence-electron chi connectivity index (χ4n) is 2.73. The number of benzene rings is 1. The Morgan fingerprint density at radius 1 is 1.19 bits per heavy atom. The van der Waals surface area contributed by atoms with Crippen LogP contribution in [0.15, 0.2) is 43.0 Å². The molecule has 4 rings (SSSR count). The first-order valence-corrected chi connectivity index (χ1v) is 6.66. The molecular weight excluding hydrogens is 266 g/mol. The van der Waals surface area contributed by atoms with Crippen molar-refractivity contribution in [2.45, 2.75) is 13.1 Å². The summed E-state index contributed by atoms with van der Waals surface area (Å²) in [7, 11) is 0. The Hall–Kier alpha value is -2.89. The van der Waals surface area contributed by atoms with Crippen LogP contribution in [-0.4, -0.2) is 25.4 Å². The van der Waals surface area contributed by atoms with Crippen LogP contribution in [0, 0.1) is 0 Å². The number of carbonyl (C=O) groups excluding carboxylic acids is 1. The minimum Gasteiger partial charge on any atom is -0.399 e. The first kappa shape index (κ1) is 11.9. The fraction of sp³-hybridized carbons (Fsp3) is 0.133. The predicted molar refractivity (Wildman–Crippen MR) is 77.4 cm³/mol. The summed E-state index contributed by atoms with van der Waals surface area (Å²) in [5, 5.41) is 4.18. The van der Waals surface area contributed by atoms with E-state index in [0.29, 0.717) is 18.7 Å². The molecule has 0 fully saturated rings. The fourth-order valence-corrected chi connectivity index (χ4v) is 2.73. The van der Waals surface area contributed by atoms with Gasteiger partial charge < -0.3 is 10.6 Å². The van der Waals surface area contributed by atoms with Crippen molar-refractivity contribution in [3.63, 3.8) is 0 Å². The number of amides is 1. The van der Waals surface area contributed by atoms with Crippen LogP contribution < -0.4 is 5.73 Å². The largest absolute Gasteiger partial charge is 0.399 e. The lowest BCUT2D eigenvalue weighted by atomic mass is 10.1. The third-order valence-electron chi connectivity index (χ3n) is 3.80. The number of rotatable bonds is 1. The maximum absolute atomic E-state index is 12.7. The number of carbonyl (C=O) groups is 1. The van der Waals surface area contributed by atoms with E-state index in [1.54, 1.807) is 34.2 Å². The first-order chi connectivity index (χ1) is 10.2. The molecule has 0 saturated carbocycles. The SMILES string of the molecule is Nc1ccc2c(c1)CN(C(=O)c1cnn3ccncc13)C2. The van der Waals surface area contributed by atoms with E-state index < -0.39 is 0 Å². The minimum absolute atomic E-state index is 0.0345. The summed E-state index contributed by atoms with van der Waals surface area (Å²) in [5.41, 5.74) is 10.1. The Bertz CT molecular complexity index is 854. The van der Waals surface area contributed by atoms with Gasteiger partial charge in [0.2, 0.25) is 0 Å². The van der Waals surface area contributed by atoms with Crippen molar-refractivity contribution in [2.75, 3.05) is 5.73 Å². The van der Waals surface area contributed by atoms with Gasteiger partial charge in [-0.1, -0.05) is 6.07 Å². The molecular formula is C15H13N5O. The van der Waals surface area contributed by atoms with E-state index >= 15 is 0 Å². The van der Waals surface area contributed by atoms with Crippen molar-refractivity contribution in [2.24, 2.45) is 0 Å². The molecule has 1 amide bonds. The molecule has 104 valence electrons. The van der Waals surface area contributed by atoms with Gasteiger partial charge >= 0.3 is 0 Å². The molecule has 3 heterocycles. The van der Waals surface area contributed by atoms with Gasteiger partial charge in [0.15, 0.2) is 0 Å². The second kappa shape index (κ2) is 4.31. The average molecular weight is 279 g/mol. The minimum atomic E-state index is -0.0345. The number of anilines is 1. The lowest BCUT2D eigenvalue weighted by Gasteiger charge is -2.14. The van der Waals surface area contributed by atoms with Crippen LogP contribution in [0.25, 0.3) is 5.52 Å². The Kier molecular flexibility index (Phi) is 2.44. The van der Waals surface area contributed by atoms with Crippen LogP contribution in [0.4, 0.5) is 5.69 Å². The van der Waals surface area contributed by atoms with Crippen molar-refractivity contribution in [3.8, 4) is 0 Å². The third kappa shape index (κ3) is 1.84.